The number of carbonyl (C=O) groups excluding carboxylic acids is 1. The van der Waals surface area contributed by atoms with Crippen molar-refractivity contribution in [3.63, 3.8) is 0 Å². The van der Waals surface area contributed by atoms with E-state index in [1.165, 1.54) is 4.90 Å². The standard InChI is InChI=1S/C14H17BrN2O4/c1-9-2-3-10(15)6-12(9)16-14(20)17-4-5-21-8-11(17)7-13(18)19/h2-3,6,11H,4-5,7-8H2,1H3,(H,16,20)(H,18,19). The van der Waals surface area contributed by atoms with Gasteiger partial charge in [0.2, 0.25) is 0 Å². The Bertz CT molecular complexity index is 550. The highest BCUT2D eigenvalue weighted by molar-refractivity contribution is 9.10. The van der Waals surface area contributed by atoms with Gasteiger partial charge in [-0.2, -0.15) is 0 Å². The third-order valence-electron chi connectivity index (χ3n) is 3.34. The van der Waals surface area contributed by atoms with Crippen LogP contribution in [-0.2, 0) is 9.53 Å². The molecule has 0 spiro atoms. The molecule has 1 unspecified atom stereocenters. The maximum absolute atomic E-state index is 12.4. The van der Waals surface area contributed by atoms with Gasteiger partial charge in [-0.3, -0.25) is 4.79 Å². The number of hydrogen-bond donors (Lipinski definition) is 2. The van der Waals surface area contributed by atoms with Crippen molar-refractivity contribution in [1.82, 2.24) is 4.90 Å². The summed E-state index contributed by atoms with van der Waals surface area (Å²) in [6, 6.07) is 4.87. The molecule has 1 aromatic rings. The van der Waals surface area contributed by atoms with Gasteiger partial charge in [0.25, 0.3) is 0 Å². The third-order valence-corrected chi connectivity index (χ3v) is 3.83. The zero-order valence-corrected chi connectivity index (χ0v) is 13.2. The van der Waals surface area contributed by atoms with Crippen molar-refractivity contribution in [3.8, 4) is 0 Å². The summed E-state index contributed by atoms with van der Waals surface area (Å²) in [4.78, 5) is 24.8. The largest absolute Gasteiger partial charge is 0.481 e. The van der Waals surface area contributed by atoms with E-state index >= 15 is 0 Å². The van der Waals surface area contributed by atoms with E-state index in [0.717, 1.165) is 10.0 Å². The zero-order chi connectivity index (χ0) is 15.4. The Balaban J connectivity index is 2.10. The second-order valence-corrected chi connectivity index (χ2v) is 5.83. The summed E-state index contributed by atoms with van der Waals surface area (Å²) in [7, 11) is 0. The van der Waals surface area contributed by atoms with E-state index in [4.69, 9.17) is 9.84 Å². The number of carboxylic acids is 1. The monoisotopic (exact) mass is 356 g/mol. The molecule has 0 aromatic heterocycles. The first-order chi connectivity index (χ1) is 9.97. The molecule has 1 aromatic carbocycles. The summed E-state index contributed by atoms with van der Waals surface area (Å²) in [5.74, 6) is -0.943. The van der Waals surface area contributed by atoms with Gasteiger partial charge in [0.1, 0.15) is 0 Å². The molecule has 1 fully saturated rings. The van der Waals surface area contributed by atoms with Gasteiger partial charge >= 0.3 is 12.0 Å². The van der Waals surface area contributed by atoms with Gasteiger partial charge in [-0.25, -0.2) is 4.79 Å². The van der Waals surface area contributed by atoms with E-state index in [2.05, 4.69) is 21.2 Å². The van der Waals surface area contributed by atoms with Crippen LogP contribution in [0.3, 0.4) is 0 Å². The second kappa shape index (κ2) is 6.91. The Morgan fingerprint density at radius 2 is 2.29 bits per heavy atom. The van der Waals surface area contributed by atoms with E-state index in [-0.39, 0.29) is 19.1 Å². The molecule has 0 aliphatic carbocycles. The number of urea groups is 1. The quantitative estimate of drug-likeness (QED) is 0.871. The number of anilines is 1. The topological polar surface area (TPSA) is 78.9 Å². The molecule has 1 heterocycles. The van der Waals surface area contributed by atoms with Crippen LogP contribution in [0.4, 0.5) is 10.5 Å². The molecule has 7 heteroatoms. The number of amides is 2. The number of aliphatic carboxylic acids is 1. The van der Waals surface area contributed by atoms with Crippen LogP contribution in [0.5, 0.6) is 0 Å². The first-order valence-corrected chi connectivity index (χ1v) is 7.40. The predicted molar refractivity (Wildman–Crippen MR) is 81.5 cm³/mol. The van der Waals surface area contributed by atoms with Gasteiger partial charge in [-0.15, -0.1) is 0 Å². The molecule has 0 bridgehead atoms. The first-order valence-electron chi connectivity index (χ1n) is 6.60. The van der Waals surface area contributed by atoms with Gasteiger partial charge in [-0.05, 0) is 24.6 Å². The minimum absolute atomic E-state index is 0.120. The molecular weight excluding hydrogens is 340 g/mol. The number of carboxylic acid groups (broad SMARTS) is 1. The Morgan fingerprint density at radius 3 is 3.00 bits per heavy atom. The number of ether oxygens (including phenoxy) is 1. The minimum Gasteiger partial charge on any atom is -0.481 e. The summed E-state index contributed by atoms with van der Waals surface area (Å²) in [6.45, 7) is 2.95. The minimum atomic E-state index is -0.943. The second-order valence-electron chi connectivity index (χ2n) is 4.91. The highest BCUT2D eigenvalue weighted by Crippen LogP contribution is 2.22. The molecule has 2 rings (SSSR count). The van der Waals surface area contributed by atoms with Crippen molar-refractivity contribution in [2.24, 2.45) is 0 Å². The lowest BCUT2D eigenvalue weighted by Gasteiger charge is -2.34. The fourth-order valence-corrected chi connectivity index (χ4v) is 2.57. The molecule has 1 atom stereocenters. The Labute approximate surface area is 131 Å². The molecule has 0 radical (unpaired) electrons. The lowest BCUT2D eigenvalue weighted by molar-refractivity contribution is -0.139. The average Bonchev–Trinajstić information content (AvgIpc) is 2.42. The summed E-state index contributed by atoms with van der Waals surface area (Å²) in [6.07, 6.45) is -0.120. The number of morpholine rings is 1. The molecule has 1 saturated heterocycles. The molecule has 1 aliphatic rings. The number of hydrogen-bond acceptors (Lipinski definition) is 3. The zero-order valence-electron chi connectivity index (χ0n) is 11.6. The van der Waals surface area contributed by atoms with Crippen LogP contribution in [0.2, 0.25) is 0 Å². The summed E-state index contributed by atoms with van der Waals surface area (Å²) >= 11 is 3.36. The molecule has 1 aliphatic heterocycles. The number of benzene rings is 1. The molecular formula is C14H17BrN2O4. The normalized spacial score (nSPS) is 18.4. The van der Waals surface area contributed by atoms with Crippen molar-refractivity contribution in [1.29, 1.82) is 0 Å². The highest BCUT2D eigenvalue weighted by atomic mass is 79.9. The van der Waals surface area contributed by atoms with Crippen molar-refractivity contribution < 1.29 is 19.4 Å². The fraction of sp³-hybridized carbons (Fsp3) is 0.429. The van der Waals surface area contributed by atoms with Crippen LogP contribution in [0.25, 0.3) is 0 Å². The van der Waals surface area contributed by atoms with Crippen LogP contribution in [0.1, 0.15) is 12.0 Å². The lowest BCUT2D eigenvalue weighted by Crippen LogP contribution is -2.51. The number of halogens is 1. The van der Waals surface area contributed by atoms with E-state index in [1.54, 1.807) is 0 Å². The van der Waals surface area contributed by atoms with E-state index < -0.39 is 12.0 Å². The van der Waals surface area contributed by atoms with Crippen molar-refractivity contribution >= 4 is 33.6 Å². The van der Waals surface area contributed by atoms with Crippen molar-refractivity contribution in [2.45, 2.75) is 19.4 Å². The molecule has 2 N–H and O–H groups in total. The molecule has 114 valence electrons. The molecule has 2 amide bonds. The maximum atomic E-state index is 12.4. The summed E-state index contributed by atoms with van der Waals surface area (Å²) < 4.78 is 6.13. The van der Waals surface area contributed by atoms with Gasteiger partial charge in [-0.1, -0.05) is 22.0 Å². The molecule has 6 nitrogen and oxygen atoms in total. The highest BCUT2D eigenvalue weighted by Gasteiger charge is 2.29. The van der Waals surface area contributed by atoms with Crippen LogP contribution < -0.4 is 5.32 Å². The van der Waals surface area contributed by atoms with Gasteiger partial charge in [0.05, 0.1) is 25.7 Å². The smallest absolute Gasteiger partial charge is 0.322 e. The maximum Gasteiger partial charge on any atom is 0.322 e. The number of nitrogens with zero attached hydrogens (tertiary/aromatic N) is 1. The van der Waals surface area contributed by atoms with E-state index in [1.807, 2.05) is 25.1 Å². The predicted octanol–water partition coefficient (Wildman–Crippen LogP) is 2.46. The summed E-state index contributed by atoms with van der Waals surface area (Å²) in [5, 5.41) is 11.7. The average molecular weight is 357 g/mol. The van der Waals surface area contributed by atoms with E-state index in [0.29, 0.717) is 18.8 Å². The van der Waals surface area contributed by atoms with E-state index in [9.17, 15) is 9.59 Å². The Kier molecular flexibility index (Phi) is 5.19. The van der Waals surface area contributed by atoms with Crippen LogP contribution in [0.15, 0.2) is 22.7 Å². The van der Waals surface area contributed by atoms with Crippen molar-refractivity contribution in [2.75, 3.05) is 25.1 Å². The lowest BCUT2D eigenvalue weighted by atomic mass is 10.1. The van der Waals surface area contributed by atoms with Crippen molar-refractivity contribution in [3.05, 3.63) is 28.2 Å². The Hall–Kier alpha value is -1.60. The number of rotatable bonds is 3. The van der Waals surface area contributed by atoms with Gasteiger partial charge < -0.3 is 20.1 Å². The van der Waals surface area contributed by atoms with Crippen LogP contribution in [0, 0.1) is 6.92 Å². The fourth-order valence-electron chi connectivity index (χ4n) is 2.21. The number of aryl methyl sites for hydroxylation is 1. The summed E-state index contributed by atoms with van der Waals surface area (Å²) in [5.41, 5.74) is 1.64. The van der Waals surface area contributed by atoms with Crippen LogP contribution >= 0.6 is 15.9 Å². The molecule has 0 saturated carbocycles. The van der Waals surface area contributed by atoms with Crippen LogP contribution in [-0.4, -0.2) is 47.8 Å². The SMILES string of the molecule is Cc1ccc(Br)cc1NC(=O)N1CCOCC1CC(=O)O. The molecule has 21 heavy (non-hydrogen) atoms. The first kappa shape index (κ1) is 15.8. The number of carbonyl (C=O) groups is 2. The van der Waals surface area contributed by atoms with Gasteiger partial charge in [0.15, 0.2) is 0 Å². The van der Waals surface area contributed by atoms with Gasteiger partial charge in [0, 0.05) is 16.7 Å². The third kappa shape index (κ3) is 4.18. The Morgan fingerprint density at radius 1 is 1.52 bits per heavy atom. The number of nitrogens with one attached hydrogen (secondary N) is 1.